The summed E-state index contributed by atoms with van der Waals surface area (Å²) in [7, 11) is 0. The monoisotopic (exact) mass is 958 g/mol. The van der Waals surface area contributed by atoms with Crippen molar-refractivity contribution >= 4 is 46.8 Å². The number of nitrogens with zero attached hydrogens (tertiary/aromatic N) is 8. The Morgan fingerprint density at radius 3 is 1.70 bits per heavy atom. The fourth-order valence-electron chi connectivity index (χ4n) is 8.62. The van der Waals surface area contributed by atoms with Gasteiger partial charge in [-0.15, -0.1) is 0 Å². The molecule has 0 bridgehead atoms. The molecule has 4 aliphatic heterocycles. The van der Waals surface area contributed by atoms with Gasteiger partial charge in [-0.05, 0) is 47.5 Å². The third-order valence-corrected chi connectivity index (χ3v) is 12.1. The fourth-order valence-corrected chi connectivity index (χ4v) is 8.62. The smallest absolute Gasteiger partial charge is 0.414 e. The summed E-state index contributed by atoms with van der Waals surface area (Å²) in [5, 5.41) is 14.3. The molecule has 0 saturated carbocycles. The Bertz CT molecular complexity index is 2820. The van der Waals surface area contributed by atoms with Gasteiger partial charge >= 0.3 is 12.2 Å². The molecule has 2 saturated heterocycles. The van der Waals surface area contributed by atoms with E-state index in [1.54, 1.807) is 39.8 Å². The van der Waals surface area contributed by atoms with Crippen molar-refractivity contribution in [3.8, 4) is 0 Å². The second-order valence-corrected chi connectivity index (χ2v) is 17.3. The van der Waals surface area contributed by atoms with Crippen molar-refractivity contribution in [3.05, 3.63) is 155 Å². The van der Waals surface area contributed by atoms with Gasteiger partial charge in [-0.2, -0.15) is 10.2 Å². The zero-order valence-electron chi connectivity index (χ0n) is 38.6. The highest BCUT2D eigenvalue weighted by molar-refractivity contribution is 5.91. The summed E-state index contributed by atoms with van der Waals surface area (Å²) in [6.45, 7) is 7.44. The first-order chi connectivity index (χ1) is 33.9. The standard InChI is InChI=1S/2C25H26FN5O4/c1-17(32)27-10-21-13-31(25(33)35-21)20-7-8-24(22(26)9-20)29-11-19-12-30(28-23(19)14-29)16-34-15-18-5-3-2-4-6-18;1-17(32)27-11-21-13-30(25(33)35-21)20-7-8-23(22(26)9-20)29-12-19-10-28-31(24(19)14-29)16-34-15-18-5-3-2-4-6-18/h2-9,12,21H,10-11,13-16H2,1H3,(H,27,32);2-10,21H,11-16H2,1H3,(H,27,32)/t2*21-/m00/s1. The Morgan fingerprint density at radius 1 is 0.671 bits per heavy atom. The van der Waals surface area contributed by atoms with Crippen molar-refractivity contribution in [1.82, 2.24) is 30.2 Å². The van der Waals surface area contributed by atoms with E-state index in [0.29, 0.717) is 75.6 Å². The van der Waals surface area contributed by atoms with Crippen LogP contribution in [0.5, 0.6) is 0 Å². The van der Waals surface area contributed by atoms with Crippen LogP contribution < -0.4 is 30.2 Å². The van der Waals surface area contributed by atoms with Crippen LogP contribution in [0.2, 0.25) is 0 Å². The first-order valence-electron chi connectivity index (χ1n) is 22.8. The fraction of sp³-hybridized carbons (Fsp3) is 0.320. The molecule has 0 radical (unpaired) electrons. The molecule has 20 heteroatoms. The number of benzene rings is 4. The average molecular weight is 959 g/mol. The van der Waals surface area contributed by atoms with Crippen molar-refractivity contribution in [3.63, 3.8) is 0 Å². The molecular weight excluding hydrogens is 907 g/mol. The van der Waals surface area contributed by atoms with Gasteiger partial charge in [0.25, 0.3) is 0 Å². The molecule has 364 valence electrons. The van der Waals surface area contributed by atoms with E-state index in [9.17, 15) is 19.2 Å². The van der Waals surface area contributed by atoms with E-state index in [-0.39, 0.29) is 38.0 Å². The number of hydrogen-bond acceptors (Lipinski definition) is 12. The topological polar surface area (TPSA) is 178 Å². The lowest BCUT2D eigenvalue weighted by Crippen LogP contribution is -2.33. The van der Waals surface area contributed by atoms with Crippen molar-refractivity contribution in [2.75, 3.05) is 45.8 Å². The van der Waals surface area contributed by atoms with Gasteiger partial charge in [0.1, 0.15) is 37.3 Å². The predicted molar refractivity (Wildman–Crippen MR) is 252 cm³/mol. The number of amides is 4. The number of carbonyl (C=O) groups is 4. The Hall–Kier alpha value is -7.84. The number of aromatic nitrogens is 4. The average Bonchev–Trinajstić information content (AvgIpc) is 4.21. The minimum absolute atomic E-state index is 0.201. The first kappa shape index (κ1) is 47.2. The quantitative estimate of drug-likeness (QED) is 0.110. The lowest BCUT2D eigenvalue weighted by molar-refractivity contribution is -0.120. The Balaban J connectivity index is 0.000000174. The molecule has 4 aromatic carbocycles. The molecule has 18 nitrogen and oxygen atoms in total. The summed E-state index contributed by atoms with van der Waals surface area (Å²) in [6.07, 6.45) is 1.66. The normalized spacial score (nSPS) is 17.0. The van der Waals surface area contributed by atoms with Crippen LogP contribution in [-0.4, -0.2) is 81.9 Å². The number of nitrogens with one attached hydrogen (secondary N) is 2. The van der Waals surface area contributed by atoms with Crippen molar-refractivity contribution in [2.45, 2.75) is 78.9 Å². The molecule has 4 amide bonds. The van der Waals surface area contributed by atoms with E-state index in [2.05, 4.69) is 20.8 Å². The second-order valence-electron chi connectivity index (χ2n) is 17.3. The molecule has 6 heterocycles. The molecule has 10 rings (SSSR count). The molecule has 6 aromatic rings. The molecule has 70 heavy (non-hydrogen) atoms. The molecule has 2 aromatic heterocycles. The molecule has 2 atom stereocenters. The van der Waals surface area contributed by atoms with E-state index in [1.165, 1.54) is 35.8 Å². The Labute approximate surface area is 402 Å². The van der Waals surface area contributed by atoms with Crippen LogP contribution in [0.4, 0.5) is 41.1 Å². The van der Waals surface area contributed by atoms with Gasteiger partial charge in [0, 0.05) is 44.3 Å². The van der Waals surface area contributed by atoms with Crippen LogP contribution in [0.15, 0.2) is 109 Å². The summed E-state index contributed by atoms with van der Waals surface area (Å²) < 4.78 is 55.8. The maximum absolute atomic E-state index is 15.1. The number of carbonyl (C=O) groups excluding carboxylic acids is 4. The first-order valence-corrected chi connectivity index (χ1v) is 22.8. The molecule has 0 aliphatic carbocycles. The molecule has 0 spiro atoms. The lowest BCUT2D eigenvalue weighted by Gasteiger charge is -2.21. The number of anilines is 4. The van der Waals surface area contributed by atoms with Gasteiger partial charge in [-0.25, -0.2) is 27.7 Å². The van der Waals surface area contributed by atoms with Crippen LogP contribution in [0.1, 0.15) is 47.5 Å². The van der Waals surface area contributed by atoms with Crippen molar-refractivity contribution in [1.29, 1.82) is 0 Å². The van der Waals surface area contributed by atoms with E-state index < -0.39 is 36.0 Å². The minimum Gasteiger partial charge on any atom is -0.442 e. The number of ether oxygens (including phenoxy) is 4. The third-order valence-electron chi connectivity index (χ3n) is 12.1. The van der Waals surface area contributed by atoms with Crippen molar-refractivity contribution in [2.24, 2.45) is 0 Å². The molecular formula is C50H52F2N10O8. The molecule has 0 unspecified atom stereocenters. The van der Waals surface area contributed by atoms with Crippen LogP contribution >= 0.6 is 0 Å². The zero-order valence-corrected chi connectivity index (χ0v) is 38.6. The number of halogens is 2. The third kappa shape index (κ3) is 11.2. The minimum atomic E-state index is -0.559. The zero-order chi connectivity index (χ0) is 48.7. The van der Waals surface area contributed by atoms with Gasteiger partial charge in [0.15, 0.2) is 0 Å². The number of cyclic esters (lactones) is 2. The molecule has 2 N–H and O–H groups in total. The largest absolute Gasteiger partial charge is 0.442 e. The number of hydrogen-bond donors (Lipinski definition) is 2. The highest BCUT2D eigenvalue weighted by Crippen LogP contribution is 2.35. The predicted octanol–water partition coefficient (Wildman–Crippen LogP) is 6.36. The molecule has 4 aliphatic rings. The summed E-state index contributed by atoms with van der Waals surface area (Å²) in [5.41, 5.74) is 7.85. The van der Waals surface area contributed by atoms with Crippen LogP contribution in [0.25, 0.3) is 0 Å². The van der Waals surface area contributed by atoms with Gasteiger partial charge in [-0.1, -0.05) is 60.7 Å². The highest BCUT2D eigenvalue weighted by Gasteiger charge is 2.35. The lowest BCUT2D eigenvalue weighted by atomic mass is 10.2. The van der Waals surface area contributed by atoms with Gasteiger partial charge < -0.3 is 39.4 Å². The van der Waals surface area contributed by atoms with Crippen LogP contribution in [0.3, 0.4) is 0 Å². The SMILES string of the molecule is CC(=O)NC[C@H]1CN(c2ccc(N3Cc4cn(COCc5ccccc5)nc4C3)c(F)c2)C(=O)O1.CC(=O)NC[C@H]1CN(c2ccc(N3Cc4cnn(COCc5ccccc5)c4C3)c(F)c2)C(=O)O1. The Kier molecular flexibility index (Phi) is 14.3. The van der Waals surface area contributed by atoms with E-state index in [4.69, 9.17) is 18.9 Å². The maximum atomic E-state index is 15.1. The number of fused-ring (bicyclic) bond motifs is 2. The summed E-state index contributed by atoms with van der Waals surface area (Å²) >= 11 is 0. The summed E-state index contributed by atoms with van der Waals surface area (Å²) in [5.74, 6) is -1.25. The summed E-state index contributed by atoms with van der Waals surface area (Å²) in [4.78, 5) is 53.3. The van der Waals surface area contributed by atoms with Gasteiger partial charge in [-0.3, -0.25) is 19.4 Å². The summed E-state index contributed by atoms with van der Waals surface area (Å²) in [6, 6.07) is 29.3. The van der Waals surface area contributed by atoms with E-state index in [1.807, 2.05) is 76.7 Å². The maximum Gasteiger partial charge on any atom is 0.414 e. The van der Waals surface area contributed by atoms with Crippen molar-refractivity contribution < 1.29 is 46.9 Å². The molecule has 2 fully saturated rings. The number of rotatable bonds is 16. The van der Waals surface area contributed by atoms with Gasteiger partial charge in [0.05, 0.1) is 92.8 Å². The van der Waals surface area contributed by atoms with E-state index in [0.717, 1.165) is 33.6 Å². The van der Waals surface area contributed by atoms with Crippen LogP contribution in [-0.2, 0) is 81.4 Å². The highest BCUT2D eigenvalue weighted by atomic mass is 19.1. The Morgan fingerprint density at radius 2 is 1.19 bits per heavy atom. The van der Waals surface area contributed by atoms with E-state index >= 15 is 8.78 Å². The second kappa shape index (κ2) is 21.2. The van der Waals surface area contributed by atoms with Gasteiger partial charge in [0.2, 0.25) is 11.8 Å². The van der Waals surface area contributed by atoms with Crippen LogP contribution in [0, 0.1) is 11.6 Å².